The first-order valence-corrected chi connectivity index (χ1v) is 6.16. The van der Waals surface area contributed by atoms with Gasteiger partial charge in [0.15, 0.2) is 0 Å². The van der Waals surface area contributed by atoms with Crippen LogP contribution in [0.1, 0.15) is 5.69 Å². The van der Waals surface area contributed by atoms with Crippen LogP contribution in [0.15, 0.2) is 30.3 Å². The molecule has 3 rings (SSSR count). The molecule has 1 saturated heterocycles. The van der Waals surface area contributed by atoms with Crippen LogP contribution in [0.2, 0.25) is 0 Å². The molecule has 0 bridgehead atoms. The second-order valence-electron chi connectivity index (χ2n) is 4.66. The lowest BCUT2D eigenvalue weighted by molar-refractivity contribution is 0.0747. The summed E-state index contributed by atoms with van der Waals surface area (Å²) in [5, 5.41) is 13.9. The van der Waals surface area contributed by atoms with Crippen LogP contribution in [0, 0.1) is 6.92 Å². The Bertz CT molecular complexity index is 571. The van der Waals surface area contributed by atoms with E-state index in [0.29, 0.717) is 13.1 Å². The summed E-state index contributed by atoms with van der Waals surface area (Å²) in [6, 6.07) is 9.88. The van der Waals surface area contributed by atoms with Crippen LogP contribution < -0.4 is 10.1 Å². The lowest BCUT2D eigenvalue weighted by Crippen LogP contribution is -2.29. The zero-order chi connectivity index (χ0) is 12.5. The van der Waals surface area contributed by atoms with Gasteiger partial charge in [-0.25, -0.2) is 4.98 Å². The van der Waals surface area contributed by atoms with Gasteiger partial charge in [-0.15, -0.1) is 0 Å². The number of pyridine rings is 1. The van der Waals surface area contributed by atoms with Crippen molar-refractivity contribution < 1.29 is 9.84 Å². The minimum Gasteiger partial charge on any atom is -0.484 e. The quantitative estimate of drug-likeness (QED) is 0.835. The molecule has 0 amide bonds. The van der Waals surface area contributed by atoms with Crippen molar-refractivity contribution in [1.29, 1.82) is 0 Å². The number of benzene rings is 1. The number of hydrogen-bond donors (Lipinski definition) is 2. The van der Waals surface area contributed by atoms with Crippen molar-refractivity contribution in [3.05, 3.63) is 36.0 Å². The molecule has 1 aliphatic rings. The van der Waals surface area contributed by atoms with Crippen LogP contribution in [-0.4, -0.2) is 35.4 Å². The van der Waals surface area contributed by atoms with E-state index in [1.54, 1.807) is 0 Å². The maximum atomic E-state index is 9.77. The zero-order valence-electron chi connectivity index (χ0n) is 10.3. The molecule has 94 valence electrons. The highest BCUT2D eigenvalue weighted by Crippen LogP contribution is 2.25. The summed E-state index contributed by atoms with van der Waals surface area (Å²) >= 11 is 0. The molecule has 1 aliphatic heterocycles. The highest BCUT2D eigenvalue weighted by Gasteiger charge is 2.27. The Morgan fingerprint density at radius 2 is 2.17 bits per heavy atom. The molecule has 0 saturated carbocycles. The van der Waals surface area contributed by atoms with Crippen molar-refractivity contribution >= 4 is 10.9 Å². The number of aromatic nitrogens is 1. The molecule has 0 radical (unpaired) electrons. The number of nitrogens with zero attached hydrogens (tertiary/aromatic N) is 1. The van der Waals surface area contributed by atoms with Crippen LogP contribution in [-0.2, 0) is 0 Å². The van der Waals surface area contributed by atoms with Gasteiger partial charge in [0, 0.05) is 24.2 Å². The highest BCUT2D eigenvalue weighted by molar-refractivity contribution is 5.84. The standard InChI is InChI=1S/C14H16N2O2/c1-9-5-6-10-3-2-4-12(14(10)16-9)18-13-8-15-7-11(13)17/h2-6,11,13,15,17H,7-8H2,1H3. The largest absolute Gasteiger partial charge is 0.484 e. The first-order valence-electron chi connectivity index (χ1n) is 6.16. The number of fused-ring (bicyclic) bond motifs is 1. The van der Waals surface area contributed by atoms with E-state index < -0.39 is 6.10 Å². The summed E-state index contributed by atoms with van der Waals surface area (Å²) in [6.07, 6.45) is -0.650. The molecular formula is C14H16N2O2. The molecule has 2 N–H and O–H groups in total. The number of aliphatic hydroxyl groups excluding tert-OH is 1. The summed E-state index contributed by atoms with van der Waals surface area (Å²) in [4.78, 5) is 4.52. The van der Waals surface area contributed by atoms with E-state index in [4.69, 9.17) is 4.74 Å². The number of ether oxygens (including phenoxy) is 1. The lowest BCUT2D eigenvalue weighted by Gasteiger charge is -2.17. The van der Waals surface area contributed by atoms with Crippen molar-refractivity contribution in [2.24, 2.45) is 0 Å². The van der Waals surface area contributed by atoms with Gasteiger partial charge in [0.05, 0.1) is 0 Å². The van der Waals surface area contributed by atoms with E-state index in [0.717, 1.165) is 22.3 Å². The van der Waals surface area contributed by atoms with Gasteiger partial charge in [-0.2, -0.15) is 0 Å². The minimum absolute atomic E-state index is 0.196. The summed E-state index contributed by atoms with van der Waals surface area (Å²) in [5.41, 5.74) is 1.82. The molecule has 2 atom stereocenters. The fourth-order valence-corrected chi connectivity index (χ4v) is 2.24. The lowest BCUT2D eigenvalue weighted by atomic mass is 10.2. The van der Waals surface area contributed by atoms with Crippen molar-refractivity contribution in [1.82, 2.24) is 10.3 Å². The maximum absolute atomic E-state index is 9.77. The van der Waals surface area contributed by atoms with Gasteiger partial charge in [0.2, 0.25) is 0 Å². The normalized spacial score (nSPS) is 23.4. The van der Waals surface area contributed by atoms with Crippen LogP contribution in [0.3, 0.4) is 0 Å². The third kappa shape index (κ3) is 2.05. The van der Waals surface area contributed by atoms with Crippen molar-refractivity contribution in [2.45, 2.75) is 19.1 Å². The summed E-state index contributed by atoms with van der Waals surface area (Å²) in [5.74, 6) is 0.740. The van der Waals surface area contributed by atoms with Gasteiger partial charge in [-0.1, -0.05) is 18.2 Å². The second-order valence-corrected chi connectivity index (χ2v) is 4.66. The monoisotopic (exact) mass is 244 g/mol. The van der Waals surface area contributed by atoms with Gasteiger partial charge >= 0.3 is 0 Å². The first-order chi connectivity index (χ1) is 8.74. The molecule has 4 nitrogen and oxygen atoms in total. The molecule has 18 heavy (non-hydrogen) atoms. The number of aryl methyl sites for hydroxylation is 1. The molecular weight excluding hydrogens is 228 g/mol. The van der Waals surface area contributed by atoms with E-state index in [-0.39, 0.29) is 6.10 Å². The molecule has 2 aromatic rings. The summed E-state index contributed by atoms with van der Waals surface area (Å²) < 4.78 is 5.88. The van der Waals surface area contributed by atoms with Gasteiger partial charge in [-0.05, 0) is 19.1 Å². The Morgan fingerprint density at radius 1 is 1.28 bits per heavy atom. The molecule has 4 heteroatoms. The van der Waals surface area contributed by atoms with Gasteiger partial charge < -0.3 is 15.2 Å². The number of nitrogens with one attached hydrogen (secondary N) is 1. The Labute approximate surface area is 106 Å². The Kier molecular flexibility index (Phi) is 2.89. The van der Waals surface area contributed by atoms with E-state index >= 15 is 0 Å². The summed E-state index contributed by atoms with van der Waals surface area (Å²) in [6.45, 7) is 3.22. The van der Waals surface area contributed by atoms with Crippen molar-refractivity contribution in [3.8, 4) is 5.75 Å². The SMILES string of the molecule is Cc1ccc2cccc(OC3CNCC3O)c2n1. The number of hydrogen-bond acceptors (Lipinski definition) is 4. The molecule has 2 unspecified atom stereocenters. The Hall–Kier alpha value is -1.65. The molecule has 0 spiro atoms. The third-order valence-electron chi connectivity index (χ3n) is 3.23. The van der Waals surface area contributed by atoms with Crippen LogP contribution in [0.25, 0.3) is 10.9 Å². The van der Waals surface area contributed by atoms with E-state index in [1.165, 1.54) is 0 Å². The predicted octanol–water partition coefficient (Wildman–Crippen LogP) is 1.25. The van der Waals surface area contributed by atoms with E-state index in [1.807, 2.05) is 37.3 Å². The van der Waals surface area contributed by atoms with Gasteiger partial charge in [0.1, 0.15) is 23.5 Å². The second kappa shape index (κ2) is 4.55. The minimum atomic E-state index is -0.454. The van der Waals surface area contributed by atoms with Gasteiger partial charge in [0.25, 0.3) is 0 Å². The Balaban J connectivity index is 1.98. The summed E-state index contributed by atoms with van der Waals surface area (Å²) in [7, 11) is 0. The van der Waals surface area contributed by atoms with Crippen LogP contribution in [0.5, 0.6) is 5.75 Å². The van der Waals surface area contributed by atoms with Crippen molar-refractivity contribution in [2.75, 3.05) is 13.1 Å². The van der Waals surface area contributed by atoms with E-state index in [2.05, 4.69) is 10.3 Å². The maximum Gasteiger partial charge on any atom is 0.146 e. The molecule has 0 aliphatic carbocycles. The fourth-order valence-electron chi connectivity index (χ4n) is 2.24. The van der Waals surface area contributed by atoms with Crippen LogP contribution >= 0.6 is 0 Å². The molecule has 1 aromatic heterocycles. The van der Waals surface area contributed by atoms with E-state index in [9.17, 15) is 5.11 Å². The smallest absolute Gasteiger partial charge is 0.146 e. The third-order valence-corrected chi connectivity index (χ3v) is 3.23. The molecule has 2 heterocycles. The number of β-amino-alcohol motifs (C(OH)–C–C–N with tert-alkyl or cyclic N) is 1. The average molecular weight is 244 g/mol. The first kappa shape index (κ1) is 11.4. The number of para-hydroxylation sites is 1. The van der Waals surface area contributed by atoms with Crippen LogP contribution in [0.4, 0.5) is 0 Å². The predicted molar refractivity (Wildman–Crippen MR) is 69.8 cm³/mol. The molecule has 1 fully saturated rings. The zero-order valence-corrected chi connectivity index (χ0v) is 10.3. The topological polar surface area (TPSA) is 54.4 Å². The molecule has 1 aromatic carbocycles. The number of aliphatic hydroxyl groups is 1. The fraction of sp³-hybridized carbons (Fsp3) is 0.357. The highest BCUT2D eigenvalue weighted by atomic mass is 16.5. The number of rotatable bonds is 2. The van der Waals surface area contributed by atoms with Crippen molar-refractivity contribution in [3.63, 3.8) is 0 Å². The average Bonchev–Trinajstić information content (AvgIpc) is 2.76. The Morgan fingerprint density at radius 3 is 2.94 bits per heavy atom. The van der Waals surface area contributed by atoms with Gasteiger partial charge in [-0.3, -0.25) is 0 Å².